The van der Waals surface area contributed by atoms with Crippen LogP contribution in [0.3, 0.4) is 0 Å². The third-order valence-electron chi connectivity index (χ3n) is 7.27. The number of carbonyl (C=O) groups is 3. The van der Waals surface area contributed by atoms with Crippen LogP contribution in [0.15, 0.2) is 48.5 Å². The molecule has 0 unspecified atom stereocenters. The van der Waals surface area contributed by atoms with E-state index in [4.69, 9.17) is 4.74 Å². The summed E-state index contributed by atoms with van der Waals surface area (Å²) in [6.07, 6.45) is 2.06. The molecule has 2 N–H and O–H groups in total. The number of carboxylic acids is 1. The molecule has 3 atom stereocenters. The minimum atomic E-state index is -0.801. The Morgan fingerprint density at radius 3 is 2.29 bits per heavy atom. The first-order chi connectivity index (χ1) is 16.9. The van der Waals surface area contributed by atoms with Crippen LogP contribution in [0.2, 0.25) is 0 Å². The van der Waals surface area contributed by atoms with E-state index in [0.29, 0.717) is 25.8 Å². The number of piperidine rings is 1. The molecule has 2 amide bonds. The smallest absolute Gasteiger partial charge is 0.407 e. The summed E-state index contributed by atoms with van der Waals surface area (Å²) in [6.45, 7) is 4.56. The fourth-order valence-corrected chi connectivity index (χ4v) is 5.48. The Morgan fingerprint density at radius 2 is 1.71 bits per heavy atom. The number of alkyl carbamates (subject to hydrolysis) is 1. The van der Waals surface area contributed by atoms with Crippen molar-refractivity contribution in [3.63, 3.8) is 0 Å². The number of hydrogen-bond donors (Lipinski definition) is 2. The Hall–Kier alpha value is -3.35. The first kappa shape index (κ1) is 24.8. The lowest BCUT2D eigenvalue weighted by Gasteiger charge is -2.37. The SMILES string of the molecule is CCC[C@@H](CC(=O)N1CC[C@H](C(=O)O)C[C@@H]1C)NC(=O)OCC1c2ccccc2-c2ccccc21. The van der Waals surface area contributed by atoms with Crippen molar-refractivity contribution < 1.29 is 24.2 Å². The molecule has 1 heterocycles. The minimum absolute atomic E-state index is 0.0178. The number of rotatable bonds is 8. The molecule has 1 fully saturated rings. The summed E-state index contributed by atoms with van der Waals surface area (Å²) in [5.74, 6) is -1.28. The molecule has 2 aliphatic rings. The number of fused-ring (bicyclic) bond motifs is 3. The van der Waals surface area contributed by atoms with E-state index in [2.05, 4.69) is 29.6 Å². The normalized spacial score (nSPS) is 20.0. The maximum absolute atomic E-state index is 13.0. The zero-order valence-corrected chi connectivity index (χ0v) is 20.4. The summed E-state index contributed by atoms with van der Waals surface area (Å²) in [5.41, 5.74) is 4.65. The second-order valence-corrected chi connectivity index (χ2v) is 9.66. The number of carboxylic acid groups (broad SMARTS) is 1. The lowest BCUT2D eigenvalue weighted by molar-refractivity contribution is -0.147. The molecule has 1 aliphatic heterocycles. The van der Waals surface area contributed by atoms with Gasteiger partial charge in [0.2, 0.25) is 5.91 Å². The van der Waals surface area contributed by atoms with E-state index in [0.717, 1.165) is 17.5 Å². The molecule has 4 rings (SSSR count). The molecule has 186 valence electrons. The summed E-state index contributed by atoms with van der Waals surface area (Å²) >= 11 is 0. The quantitative estimate of drug-likeness (QED) is 0.568. The number of carbonyl (C=O) groups excluding carboxylic acids is 2. The van der Waals surface area contributed by atoms with Crippen LogP contribution in [0.25, 0.3) is 11.1 Å². The molecular formula is C28H34N2O5. The number of nitrogens with one attached hydrogen (secondary N) is 1. The minimum Gasteiger partial charge on any atom is -0.481 e. The highest BCUT2D eigenvalue weighted by atomic mass is 16.5. The second kappa shape index (κ2) is 10.9. The lowest BCUT2D eigenvalue weighted by Crippen LogP contribution is -2.48. The molecule has 2 aromatic rings. The van der Waals surface area contributed by atoms with E-state index in [1.165, 1.54) is 11.1 Å². The van der Waals surface area contributed by atoms with Gasteiger partial charge in [0.05, 0.1) is 5.92 Å². The van der Waals surface area contributed by atoms with Crippen LogP contribution in [-0.2, 0) is 14.3 Å². The molecule has 0 spiro atoms. The highest BCUT2D eigenvalue weighted by Gasteiger charge is 2.33. The number of ether oxygens (including phenoxy) is 1. The van der Waals surface area contributed by atoms with Gasteiger partial charge in [0, 0.05) is 31.0 Å². The molecule has 1 saturated heterocycles. The average Bonchev–Trinajstić information content (AvgIpc) is 3.16. The van der Waals surface area contributed by atoms with Crippen LogP contribution in [0, 0.1) is 5.92 Å². The number of benzene rings is 2. The van der Waals surface area contributed by atoms with E-state index >= 15 is 0 Å². The molecule has 0 radical (unpaired) electrons. The predicted molar refractivity (Wildman–Crippen MR) is 133 cm³/mol. The largest absolute Gasteiger partial charge is 0.481 e. The molecule has 0 saturated carbocycles. The van der Waals surface area contributed by atoms with Crippen molar-refractivity contribution in [2.24, 2.45) is 5.92 Å². The summed E-state index contributed by atoms with van der Waals surface area (Å²) in [4.78, 5) is 38.7. The van der Waals surface area contributed by atoms with E-state index in [9.17, 15) is 19.5 Å². The Labute approximate surface area is 206 Å². The van der Waals surface area contributed by atoms with Gasteiger partial charge in [0.15, 0.2) is 0 Å². The Bertz CT molecular complexity index is 1040. The van der Waals surface area contributed by atoms with Gasteiger partial charge in [-0.3, -0.25) is 9.59 Å². The van der Waals surface area contributed by atoms with Crippen molar-refractivity contribution in [2.75, 3.05) is 13.2 Å². The standard InChI is InChI=1S/C28H34N2O5/c1-3-8-20(16-26(31)30-14-13-19(27(32)33)15-18(30)2)29-28(34)35-17-25-23-11-6-4-9-21(23)22-10-5-7-12-24(22)25/h4-7,9-12,18-20,25H,3,8,13-17H2,1-2H3,(H,29,34)(H,32,33)/t18-,19-,20-/m0/s1. The summed E-state index contributed by atoms with van der Waals surface area (Å²) < 4.78 is 5.66. The van der Waals surface area contributed by atoms with Gasteiger partial charge in [-0.15, -0.1) is 0 Å². The molecule has 2 aromatic carbocycles. The molecule has 0 bridgehead atoms. The molecule has 1 aliphatic carbocycles. The zero-order valence-electron chi connectivity index (χ0n) is 20.4. The van der Waals surface area contributed by atoms with Crippen molar-refractivity contribution in [3.8, 4) is 11.1 Å². The van der Waals surface area contributed by atoms with Crippen LogP contribution < -0.4 is 5.32 Å². The molecule has 0 aromatic heterocycles. The lowest BCUT2D eigenvalue weighted by atomic mass is 9.91. The van der Waals surface area contributed by atoms with Crippen molar-refractivity contribution in [1.29, 1.82) is 0 Å². The number of nitrogens with zero attached hydrogens (tertiary/aromatic N) is 1. The maximum atomic E-state index is 13.0. The van der Waals surface area contributed by atoms with Gasteiger partial charge in [-0.25, -0.2) is 4.79 Å². The fraction of sp³-hybridized carbons (Fsp3) is 0.464. The maximum Gasteiger partial charge on any atom is 0.407 e. The van der Waals surface area contributed by atoms with Gasteiger partial charge in [-0.2, -0.15) is 0 Å². The fourth-order valence-electron chi connectivity index (χ4n) is 5.48. The zero-order chi connectivity index (χ0) is 24.9. The summed E-state index contributed by atoms with van der Waals surface area (Å²) in [6, 6.07) is 15.9. The molecule has 7 nitrogen and oxygen atoms in total. The van der Waals surface area contributed by atoms with Crippen LogP contribution >= 0.6 is 0 Å². The molecular weight excluding hydrogens is 444 g/mol. The highest BCUT2D eigenvalue weighted by molar-refractivity contribution is 5.80. The third kappa shape index (κ3) is 5.50. The Morgan fingerprint density at radius 1 is 1.09 bits per heavy atom. The van der Waals surface area contributed by atoms with E-state index in [-0.39, 0.29) is 36.9 Å². The van der Waals surface area contributed by atoms with E-state index < -0.39 is 18.0 Å². The van der Waals surface area contributed by atoms with Gasteiger partial charge in [0.1, 0.15) is 6.61 Å². The van der Waals surface area contributed by atoms with Gasteiger partial charge < -0.3 is 20.1 Å². The topological polar surface area (TPSA) is 95.9 Å². The van der Waals surface area contributed by atoms with Gasteiger partial charge in [-0.05, 0) is 48.4 Å². The highest BCUT2D eigenvalue weighted by Crippen LogP contribution is 2.44. The van der Waals surface area contributed by atoms with E-state index in [1.54, 1.807) is 4.90 Å². The first-order valence-electron chi connectivity index (χ1n) is 12.5. The van der Waals surface area contributed by atoms with E-state index in [1.807, 2.05) is 38.1 Å². The number of amides is 2. The third-order valence-corrected chi connectivity index (χ3v) is 7.27. The Balaban J connectivity index is 1.34. The van der Waals surface area contributed by atoms with Crippen LogP contribution in [-0.4, -0.2) is 53.2 Å². The number of likely N-dealkylation sites (tertiary alicyclic amines) is 1. The van der Waals surface area contributed by atoms with Crippen molar-refractivity contribution in [3.05, 3.63) is 59.7 Å². The first-order valence-corrected chi connectivity index (χ1v) is 12.5. The van der Waals surface area contributed by atoms with Crippen molar-refractivity contribution in [1.82, 2.24) is 10.2 Å². The van der Waals surface area contributed by atoms with Crippen LogP contribution in [0.5, 0.6) is 0 Å². The molecule has 7 heteroatoms. The van der Waals surface area contributed by atoms with Gasteiger partial charge >= 0.3 is 12.1 Å². The van der Waals surface area contributed by atoms with Crippen LogP contribution in [0.1, 0.15) is 63.0 Å². The monoisotopic (exact) mass is 478 g/mol. The van der Waals surface area contributed by atoms with Gasteiger partial charge in [0.25, 0.3) is 0 Å². The van der Waals surface area contributed by atoms with Crippen LogP contribution in [0.4, 0.5) is 4.79 Å². The number of aliphatic carboxylic acids is 1. The van der Waals surface area contributed by atoms with Crippen molar-refractivity contribution in [2.45, 2.75) is 64.0 Å². The Kier molecular flexibility index (Phi) is 7.73. The number of hydrogen-bond acceptors (Lipinski definition) is 4. The second-order valence-electron chi connectivity index (χ2n) is 9.66. The predicted octanol–water partition coefficient (Wildman–Crippen LogP) is 4.80. The van der Waals surface area contributed by atoms with Crippen molar-refractivity contribution >= 4 is 18.0 Å². The molecule has 35 heavy (non-hydrogen) atoms. The summed E-state index contributed by atoms with van der Waals surface area (Å²) in [7, 11) is 0. The average molecular weight is 479 g/mol. The summed E-state index contributed by atoms with van der Waals surface area (Å²) in [5, 5.41) is 12.2. The van der Waals surface area contributed by atoms with Gasteiger partial charge in [-0.1, -0.05) is 61.9 Å².